The summed E-state index contributed by atoms with van der Waals surface area (Å²) >= 11 is 6.58. The van der Waals surface area contributed by atoms with Gasteiger partial charge in [0.2, 0.25) is 5.88 Å². The fourth-order valence-corrected chi connectivity index (χ4v) is 4.71. The van der Waals surface area contributed by atoms with Crippen molar-refractivity contribution >= 4 is 45.9 Å². The van der Waals surface area contributed by atoms with Gasteiger partial charge in [-0.2, -0.15) is 4.98 Å². The van der Waals surface area contributed by atoms with E-state index in [2.05, 4.69) is 4.98 Å². The number of thioether (sulfide) groups is 1. The molecule has 2 aromatic heterocycles. The van der Waals surface area contributed by atoms with Crippen LogP contribution in [0.5, 0.6) is 17.4 Å². The lowest BCUT2D eigenvalue weighted by atomic mass is 10.2. The highest BCUT2D eigenvalue weighted by Crippen LogP contribution is 2.36. The number of carbonyl (C=O) groups excluding carboxylic acids is 1. The van der Waals surface area contributed by atoms with E-state index in [0.717, 1.165) is 6.42 Å². The Hall–Kier alpha value is -3.17. The first-order valence-electron chi connectivity index (χ1n) is 10.0. The lowest BCUT2D eigenvalue weighted by molar-refractivity contribution is -0.123. The molecule has 32 heavy (non-hydrogen) atoms. The van der Waals surface area contributed by atoms with Gasteiger partial charge in [-0.1, -0.05) is 49.1 Å². The van der Waals surface area contributed by atoms with E-state index in [0.29, 0.717) is 26.4 Å². The molecule has 0 bridgehead atoms. The molecule has 1 atom stereocenters. The molecule has 1 amide bonds. The number of ether oxygens (including phenoxy) is 2. The maximum atomic E-state index is 13.3. The summed E-state index contributed by atoms with van der Waals surface area (Å²) in [6.07, 6.45) is 3.91. The molecule has 0 aliphatic carbocycles. The third-order valence-corrected chi connectivity index (χ3v) is 6.47. The summed E-state index contributed by atoms with van der Waals surface area (Å²) in [4.78, 5) is 32.8. The number of hydrogen-bond acceptors (Lipinski definition) is 7. The highest BCUT2D eigenvalue weighted by Gasteiger charge is 2.35. The minimum Gasteiger partial charge on any atom is -0.493 e. The van der Waals surface area contributed by atoms with E-state index < -0.39 is 0 Å². The summed E-state index contributed by atoms with van der Waals surface area (Å²) in [5, 5.41) is 0. The average molecular weight is 468 g/mol. The second-order valence-electron chi connectivity index (χ2n) is 7.13. The second kappa shape index (κ2) is 9.13. The molecule has 0 saturated carbocycles. The molecule has 4 rings (SSSR count). The monoisotopic (exact) mass is 467 g/mol. The lowest BCUT2D eigenvalue weighted by Gasteiger charge is -2.21. The highest BCUT2D eigenvalue weighted by molar-refractivity contribution is 8.26. The first kappa shape index (κ1) is 22.0. The van der Waals surface area contributed by atoms with Gasteiger partial charge >= 0.3 is 0 Å². The van der Waals surface area contributed by atoms with Crippen LogP contribution in [0.15, 0.2) is 58.4 Å². The van der Waals surface area contributed by atoms with E-state index in [1.54, 1.807) is 47.5 Å². The molecule has 3 aromatic rings. The molecule has 1 fully saturated rings. The maximum Gasteiger partial charge on any atom is 0.269 e. The van der Waals surface area contributed by atoms with Crippen molar-refractivity contribution in [3.8, 4) is 17.4 Å². The van der Waals surface area contributed by atoms with Crippen LogP contribution in [0.4, 0.5) is 0 Å². The molecule has 0 unspecified atom stereocenters. The number of hydrogen-bond donors (Lipinski definition) is 0. The summed E-state index contributed by atoms with van der Waals surface area (Å²) in [6.45, 7) is 3.93. The predicted octanol–water partition coefficient (Wildman–Crippen LogP) is 4.50. The van der Waals surface area contributed by atoms with Crippen molar-refractivity contribution in [2.75, 3.05) is 7.11 Å². The normalized spacial score (nSPS) is 16.1. The Morgan fingerprint density at radius 2 is 1.88 bits per heavy atom. The van der Waals surface area contributed by atoms with Crippen LogP contribution in [0.25, 0.3) is 11.7 Å². The van der Waals surface area contributed by atoms with Gasteiger partial charge < -0.3 is 9.47 Å². The molecular weight excluding hydrogens is 446 g/mol. The minimum atomic E-state index is -0.352. The summed E-state index contributed by atoms with van der Waals surface area (Å²) < 4.78 is 13.3. The van der Waals surface area contributed by atoms with E-state index in [1.807, 2.05) is 19.9 Å². The van der Waals surface area contributed by atoms with Crippen molar-refractivity contribution < 1.29 is 14.3 Å². The molecule has 0 spiro atoms. The van der Waals surface area contributed by atoms with Crippen LogP contribution in [-0.4, -0.2) is 37.7 Å². The van der Waals surface area contributed by atoms with Crippen LogP contribution in [0.2, 0.25) is 0 Å². The Balaban J connectivity index is 1.87. The molecule has 1 aliphatic rings. The summed E-state index contributed by atoms with van der Waals surface area (Å²) in [5.41, 5.74) is 0.227. The molecule has 1 aromatic carbocycles. The van der Waals surface area contributed by atoms with E-state index in [4.69, 9.17) is 21.7 Å². The average Bonchev–Trinajstić information content (AvgIpc) is 3.09. The van der Waals surface area contributed by atoms with Crippen LogP contribution >= 0.6 is 24.0 Å². The predicted molar refractivity (Wildman–Crippen MR) is 129 cm³/mol. The molecule has 0 N–H and O–H groups in total. The quantitative estimate of drug-likeness (QED) is 0.390. The Kier molecular flexibility index (Phi) is 6.29. The van der Waals surface area contributed by atoms with Gasteiger partial charge in [0.15, 0.2) is 11.5 Å². The van der Waals surface area contributed by atoms with Crippen molar-refractivity contribution in [3.63, 3.8) is 0 Å². The molecular formula is C23H21N3O4S2. The third-order valence-electron chi connectivity index (χ3n) is 5.14. The first-order chi connectivity index (χ1) is 15.4. The van der Waals surface area contributed by atoms with Crippen molar-refractivity contribution in [2.24, 2.45) is 0 Å². The number of carbonyl (C=O) groups is 1. The number of para-hydroxylation sites is 2. The highest BCUT2D eigenvalue weighted by atomic mass is 32.2. The van der Waals surface area contributed by atoms with Gasteiger partial charge in [-0.05, 0) is 43.7 Å². The van der Waals surface area contributed by atoms with Gasteiger partial charge in [0.05, 0.1) is 12.0 Å². The zero-order chi connectivity index (χ0) is 22.8. The van der Waals surface area contributed by atoms with Gasteiger partial charge in [-0.15, -0.1) is 0 Å². The zero-order valence-corrected chi connectivity index (χ0v) is 19.4. The minimum absolute atomic E-state index is 0.0338. The molecule has 1 aliphatic heterocycles. The largest absolute Gasteiger partial charge is 0.493 e. The molecule has 9 heteroatoms. The summed E-state index contributed by atoms with van der Waals surface area (Å²) in [5.74, 6) is 0.759. The smallest absolute Gasteiger partial charge is 0.269 e. The lowest BCUT2D eigenvalue weighted by Crippen LogP contribution is -2.36. The van der Waals surface area contributed by atoms with Crippen LogP contribution in [0, 0.1) is 0 Å². The van der Waals surface area contributed by atoms with Gasteiger partial charge in [-0.25, -0.2) is 0 Å². The van der Waals surface area contributed by atoms with Gasteiger partial charge in [0.25, 0.3) is 11.5 Å². The second-order valence-corrected chi connectivity index (χ2v) is 8.80. The number of rotatable bonds is 6. The number of nitrogens with zero attached hydrogens (tertiary/aromatic N) is 3. The SMILES string of the molecule is CC[C@@H](C)N1C(=O)/C(=C/c2c(Oc3ccccc3OC)nc3ccccn3c2=O)SC1=S. The Morgan fingerprint density at radius 1 is 1.16 bits per heavy atom. The van der Waals surface area contributed by atoms with E-state index in [-0.39, 0.29) is 29.0 Å². The van der Waals surface area contributed by atoms with Crippen LogP contribution < -0.4 is 15.0 Å². The number of fused-ring (bicyclic) bond motifs is 1. The van der Waals surface area contributed by atoms with Crippen molar-refractivity contribution in [3.05, 3.63) is 69.5 Å². The Morgan fingerprint density at radius 3 is 2.59 bits per heavy atom. The zero-order valence-electron chi connectivity index (χ0n) is 17.8. The standard InChI is InChI=1S/C23H21N3O4S2/c1-4-14(2)26-22(28)18(32-23(26)31)13-15-20(30-17-10-6-5-9-16(17)29-3)24-19-11-7-8-12-25(19)21(15)27/h5-14H,4H2,1-3H3/b18-13-/t14-/m1/s1. The molecule has 7 nitrogen and oxygen atoms in total. The maximum absolute atomic E-state index is 13.3. The van der Waals surface area contributed by atoms with Crippen molar-refractivity contribution in [1.29, 1.82) is 0 Å². The first-order valence-corrected chi connectivity index (χ1v) is 11.3. The van der Waals surface area contributed by atoms with Crippen LogP contribution in [0.1, 0.15) is 25.8 Å². The number of amides is 1. The van der Waals surface area contributed by atoms with Crippen molar-refractivity contribution in [1.82, 2.24) is 14.3 Å². The molecule has 3 heterocycles. The van der Waals surface area contributed by atoms with Crippen LogP contribution in [-0.2, 0) is 4.79 Å². The summed E-state index contributed by atoms with van der Waals surface area (Å²) in [7, 11) is 1.53. The van der Waals surface area contributed by atoms with Crippen LogP contribution in [0.3, 0.4) is 0 Å². The topological polar surface area (TPSA) is 73.1 Å². The van der Waals surface area contributed by atoms with Gasteiger partial charge in [0.1, 0.15) is 15.5 Å². The fourth-order valence-electron chi connectivity index (χ4n) is 3.26. The van der Waals surface area contributed by atoms with E-state index in [9.17, 15) is 9.59 Å². The number of aromatic nitrogens is 2. The van der Waals surface area contributed by atoms with Gasteiger partial charge in [-0.3, -0.25) is 18.9 Å². The fraction of sp³-hybridized carbons (Fsp3) is 0.217. The summed E-state index contributed by atoms with van der Waals surface area (Å²) in [6, 6.07) is 12.3. The van der Waals surface area contributed by atoms with E-state index in [1.165, 1.54) is 29.3 Å². The van der Waals surface area contributed by atoms with Gasteiger partial charge in [0, 0.05) is 12.2 Å². The number of methoxy groups -OCH3 is 1. The number of pyridine rings is 1. The Bertz CT molecular complexity index is 1300. The van der Waals surface area contributed by atoms with Crippen molar-refractivity contribution in [2.45, 2.75) is 26.3 Å². The third kappa shape index (κ3) is 4.01. The molecule has 0 radical (unpaired) electrons. The molecule has 164 valence electrons. The van der Waals surface area contributed by atoms with E-state index >= 15 is 0 Å². The number of thiocarbonyl (C=S) groups is 1. The number of benzene rings is 1. The Labute approximate surface area is 194 Å². The molecule has 1 saturated heterocycles.